The summed E-state index contributed by atoms with van der Waals surface area (Å²) in [6, 6.07) is 6.14. The first kappa shape index (κ1) is 16.3. The van der Waals surface area contributed by atoms with Crippen molar-refractivity contribution in [3.63, 3.8) is 0 Å². The van der Waals surface area contributed by atoms with Crippen LogP contribution >= 0.6 is 0 Å². The van der Waals surface area contributed by atoms with Gasteiger partial charge >= 0.3 is 0 Å². The van der Waals surface area contributed by atoms with E-state index in [-0.39, 0.29) is 4.90 Å². The highest BCUT2D eigenvalue weighted by molar-refractivity contribution is 7.91. The van der Waals surface area contributed by atoms with Crippen molar-refractivity contribution in [1.29, 1.82) is 0 Å². The maximum Gasteiger partial charge on any atom is 0.183 e. The van der Waals surface area contributed by atoms with E-state index >= 15 is 0 Å². The Morgan fingerprint density at radius 1 is 1.00 bits per heavy atom. The number of rotatable bonds is 3. The summed E-state index contributed by atoms with van der Waals surface area (Å²) in [5, 5.41) is 38.1. The maximum absolute atomic E-state index is 12.2. The highest BCUT2D eigenvalue weighted by atomic mass is 32.2. The number of aliphatic hydroxyl groups is 4. The van der Waals surface area contributed by atoms with Gasteiger partial charge in [0.1, 0.15) is 24.4 Å². The van der Waals surface area contributed by atoms with Gasteiger partial charge in [0, 0.05) is 0 Å². The Morgan fingerprint density at radius 2 is 1.57 bits per heavy atom. The van der Waals surface area contributed by atoms with Crippen molar-refractivity contribution >= 4 is 9.84 Å². The molecule has 1 fully saturated rings. The zero-order chi connectivity index (χ0) is 15.8. The Labute approximate surface area is 122 Å². The standard InChI is InChI=1S/C13H18O7S/c1-7-2-4-8(5-3-7)21(18,19)6-9-10(14)11(15)12(16)13(17)20-9/h2-5,9-17H,6H2,1H3/t9-,10-,11+,12+,13+/m1/s1. The van der Waals surface area contributed by atoms with Crippen LogP contribution in [0.4, 0.5) is 0 Å². The normalized spacial score (nSPS) is 33.9. The lowest BCUT2D eigenvalue weighted by molar-refractivity contribution is -0.276. The third kappa shape index (κ3) is 3.42. The van der Waals surface area contributed by atoms with E-state index in [9.17, 15) is 28.8 Å². The van der Waals surface area contributed by atoms with Gasteiger partial charge < -0.3 is 25.2 Å². The van der Waals surface area contributed by atoms with E-state index in [1.165, 1.54) is 12.1 Å². The predicted molar refractivity (Wildman–Crippen MR) is 72.1 cm³/mol. The summed E-state index contributed by atoms with van der Waals surface area (Å²) in [5.74, 6) is -0.613. The van der Waals surface area contributed by atoms with Gasteiger partial charge in [-0.25, -0.2) is 8.42 Å². The minimum Gasteiger partial charge on any atom is -0.388 e. The summed E-state index contributed by atoms with van der Waals surface area (Å²) < 4.78 is 29.3. The van der Waals surface area contributed by atoms with Gasteiger partial charge in [-0.05, 0) is 19.1 Å². The van der Waals surface area contributed by atoms with E-state index in [1.54, 1.807) is 12.1 Å². The monoisotopic (exact) mass is 318 g/mol. The van der Waals surface area contributed by atoms with Crippen LogP contribution in [0, 0.1) is 6.92 Å². The topological polar surface area (TPSA) is 124 Å². The molecule has 0 radical (unpaired) electrons. The van der Waals surface area contributed by atoms with Crippen molar-refractivity contribution in [2.45, 2.75) is 42.5 Å². The molecule has 8 heteroatoms. The smallest absolute Gasteiger partial charge is 0.183 e. The molecule has 1 saturated heterocycles. The van der Waals surface area contributed by atoms with Gasteiger partial charge in [0.2, 0.25) is 0 Å². The second kappa shape index (κ2) is 5.99. The molecular formula is C13H18O7S. The minimum absolute atomic E-state index is 0.0546. The SMILES string of the molecule is Cc1ccc(S(=O)(=O)C[C@H]2O[C@H](O)[C@@H](O)[C@@H](O)[C@@H]2O)cc1. The van der Waals surface area contributed by atoms with Crippen LogP contribution in [0.3, 0.4) is 0 Å². The number of ether oxygens (including phenoxy) is 1. The molecule has 0 aromatic heterocycles. The fourth-order valence-electron chi connectivity index (χ4n) is 2.13. The van der Waals surface area contributed by atoms with Gasteiger partial charge in [-0.2, -0.15) is 0 Å². The largest absolute Gasteiger partial charge is 0.388 e. The zero-order valence-electron chi connectivity index (χ0n) is 11.3. The van der Waals surface area contributed by atoms with Crippen LogP contribution < -0.4 is 0 Å². The van der Waals surface area contributed by atoms with Gasteiger partial charge in [0.15, 0.2) is 16.1 Å². The van der Waals surface area contributed by atoms with Gasteiger partial charge in [-0.3, -0.25) is 0 Å². The minimum atomic E-state index is -3.76. The Kier molecular flexibility index (Phi) is 4.66. The number of aliphatic hydroxyl groups excluding tert-OH is 4. The van der Waals surface area contributed by atoms with Gasteiger partial charge in [-0.15, -0.1) is 0 Å². The van der Waals surface area contributed by atoms with E-state index in [0.717, 1.165) is 5.56 Å². The molecule has 5 atom stereocenters. The molecule has 0 aliphatic carbocycles. The second-order valence-electron chi connectivity index (χ2n) is 5.13. The average Bonchev–Trinajstić information content (AvgIpc) is 2.42. The molecule has 2 rings (SSSR count). The summed E-state index contributed by atoms with van der Waals surface area (Å²) in [6.07, 6.45) is -8.04. The number of hydrogen-bond donors (Lipinski definition) is 4. The van der Waals surface area contributed by atoms with Crippen LogP contribution in [-0.4, -0.2) is 65.3 Å². The lowest BCUT2D eigenvalue weighted by atomic mass is 10.0. The quantitative estimate of drug-likeness (QED) is 0.538. The van der Waals surface area contributed by atoms with Crippen molar-refractivity contribution in [3.05, 3.63) is 29.8 Å². The number of hydrogen-bond acceptors (Lipinski definition) is 7. The Morgan fingerprint density at radius 3 is 2.14 bits per heavy atom. The lowest BCUT2D eigenvalue weighted by Crippen LogP contribution is -2.59. The molecular weight excluding hydrogens is 300 g/mol. The number of aryl methyl sites for hydroxylation is 1. The molecule has 0 saturated carbocycles. The molecule has 0 spiro atoms. The number of benzene rings is 1. The first-order chi connectivity index (χ1) is 9.72. The molecule has 21 heavy (non-hydrogen) atoms. The maximum atomic E-state index is 12.2. The molecule has 118 valence electrons. The van der Waals surface area contributed by atoms with Crippen LogP contribution in [0.5, 0.6) is 0 Å². The van der Waals surface area contributed by atoms with Crippen molar-refractivity contribution in [2.75, 3.05) is 5.75 Å². The summed E-state index contributed by atoms with van der Waals surface area (Å²) >= 11 is 0. The fourth-order valence-corrected chi connectivity index (χ4v) is 3.58. The van der Waals surface area contributed by atoms with E-state index in [1.807, 2.05) is 6.92 Å². The first-order valence-corrected chi connectivity index (χ1v) is 8.05. The van der Waals surface area contributed by atoms with Crippen molar-refractivity contribution in [1.82, 2.24) is 0 Å². The zero-order valence-corrected chi connectivity index (χ0v) is 12.1. The predicted octanol–water partition coefficient (Wildman–Crippen LogP) is -1.43. The summed E-state index contributed by atoms with van der Waals surface area (Å²) in [7, 11) is -3.76. The van der Waals surface area contributed by atoms with Crippen LogP contribution in [0.1, 0.15) is 5.56 Å². The van der Waals surface area contributed by atoms with Crippen LogP contribution in [0.15, 0.2) is 29.2 Å². The second-order valence-corrected chi connectivity index (χ2v) is 7.17. The lowest BCUT2D eigenvalue weighted by Gasteiger charge is -2.38. The van der Waals surface area contributed by atoms with E-state index in [2.05, 4.69) is 0 Å². The fraction of sp³-hybridized carbons (Fsp3) is 0.538. The first-order valence-electron chi connectivity index (χ1n) is 6.39. The Bertz CT molecular complexity index is 583. The highest BCUT2D eigenvalue weighted by Crippen LogP contribution is 2.23. The molecule has 4 N–H and O–H groups in total. The summed E-state index contributed by atoms with van der Waals surface area (Å²) in [5.41, 5.74) is 0.900. The third-order valence-corrected chi connectivity index (χ3v) is 5.21. The van der Waals surface area contributed by atoms with Gasteiger partial charge in [0.05, 0.1) is 10.6 Å². The molecule has 0 unspecified atom stereocenters. The Hall–Kier alpha value is -1.03. The van der Waals surface area contributed by atoms with Gasteiger partial charge in [-0.1, -0.05) is 17.7 Å². The summed E-state index contributed by atoms with van der Waals surface area (Å²) in [4.78, 5) is 0.0546. The van der Waals surface area contributed by atoms with E-state index in [4.69, 9.17) is 4.74 Å². The van der Waals surface area contributed by atoms with E-state index in [0.29, 0.717) is 0 Å². The van der Waals surface area contributed by atoms with Gasteiger partial charge in [0.25, 0.3) is 0 Å². The molecule has 1 heterocycles. The molecule has 0 amide bonds. The van der Waals surface area contributed by atoms with Crippen molar-refractivity contribution in [3.8, 4) is 0 Å². The average molecular weight is 318 g/mol. The van der Waals surface area contributed by atoms with Crippen molar-refractivity contribution in [2.24, 2.45) is 0 Å². The van der Waals surface area contributed by atoms with Crippen LogP contribution in [-0.2, 0) is 14.6 Å². The Balaban J connectivity index is 2.18. The molecule has 7 nitrogen and oxygen atoms in total. The van der Waals surface area contributed by atoms with Crippen molar-refractivity contribution < 1.29 is 33.6 Å². The molecule has 1 aromatic carbocycles. The number of sulfone groups is 1. The molecule has 1 aliphatic rings. The summed E-state index contributed by atoms with van der Waals surface area (Å²) in [6.45, 7) is 1.82. The third-order valence-electron chi connectivity index (χ3n) is 3.45. The van der Waals surface area contributed by atoms with Crippen LogP contribution in [0.25, 0.3) is 0 Å². The molecule has 1 aromatic rings. The van der Waals surface area contributed by atoms with Crippen LogP contribution in [0.2, 0.25) is 0 Å². The van der Waals surface area contributed by atoms with E-state index < -0.39 is 46.3 Å². The molecule has 1 aliphatic heterocycles. The molecule has 0 bridgehead atoms. The highest BCUT2D eigenvalue weighted by Gasteiger charge is 2.44.